The molecule has 0 aliphatic rings. The number of anilines is 1. The number of nitrogens with zero attached hydrogens (tertiary/aromatic N) is 1. The number of nitrogens with one attached hydrogen (secondary N) is 1. The molecule has 17 heavy (non-hydrogen) atoms. The highest BCUT2D eigenvalue weighted by molar-refractivity contribution is 5.91. The predicted molar refractivity (Wildman–Crippen MR) is 72.9 cm³/mol. The van der Waals surface area contributed by atoms with E-state index in [9.17, 15) is 0 Å². The number of terminal acetylenes is 1. The Kier molecular flexibility index (Phi) is 3.62. The molecule has 1 unspecified atom stereocenters. The lowest BCUT2D eigenvalue weighted by Crippen LogP contribution is -2.18. The second-order valence-electron chi connectivity index (χ2n) is 4.04. The van der Waals surface area contributed by atoms with Crippen LogP contribution < -0.4 is 5.32 Å². The van der Waals surface area contributed by atoms with E-state index in [1.807, 2.05) is 24.4 Å². The van der Waals surface area contributed by atoms with Crippen molar-refractivity contribution in [2.75, 3.05) is 5.32 Å². The Bertz CT molecular complexity index is 535. The minimum absolute atomic E-state index is 0.290. The summed E-state index contributed by atoms with van der Waals surface area (Å²) >= 11 is 0. The van der Waals surface area contributed by atoms with Gasteiger partial charge in [-0.05, 0) is 17.9 Å². The van der Waals surface area contributed by atoms with Crippen molar-refractivity contribution in [3.63, 3.8) is 0 Å². The van der Waals surface area contributed by atoms with E-state index in [0.29, 0.717) is 6.04 Å². The summed E-state index contributed by atoms with van der Waals surface area (Å²) in [6, 6.07) is 10.5. The molecule has 86 valence electrons. The van der Waals surface area contributed by atoms with Crippen LogP contribution in [0, 0.1) is 12.3 Å². The van der Waals surface area contributed by atoms with Gasteiger partial charge in [0.2, 0.25) is 0 Å². The van der Waals surface area contributed by atoms with E-state index in [0.717, 1.165) is 24.0 Å². The van der Waals surface area contributed by atoms with Crippen molar-refractivity contribution in [3.05, 3.63) is 36.5 Å². The number of pyridine rings is 1. The molecule has 1 heterocycles. The predicted octanol–water partition coefficient (Wildman–Crippen LogP) is 3.45. The Morgan fingerprint density at radius 3 is 2.94 bits per heavy atom. The van der Waals surface area contributed by atoms with Gasteiger partial charge in [0.05, 0.1) is 0 Å². The molecule has 1 N–H and O–H groups in total. The fraction of sp³-hybridized carbons (Fsp3) is 0.267. The summed E-state index contributed by atoms with van der Waals surface area (Å²) in [5, 5.41) is 5.76. The van der Waals surface area contributed by atoms with Gasteiger partial charge in [-0.3, -0.25) is 0 Å². The molecule has 2 nitrogen and oxygen atoms in total. The molecule has 0 aliphatic heterocycles. The molecule has 1 atom stereocenters. The molecular weight excluding hydrogens is 208 g/mol. The first kappa shape index (κ1) is 11.5. The van der Waals surface area contributed by atoms with Crippen LogP contribution in [-0.2, 0) is 0 Å². The average molecular weight is 224 g/mol. The third-order valence-electron chi connectivity index (χ3n) is 2.87. The lowest BCUT2D eigenvalue weighted by molar-refractivity contribution is 0.713. The Hall–Kier alpha value is -2.01. The van der Waals surface area contributed by atoms with Gasteiger partial charge in [-0.15, -0.1) is 12.3 Å². The van der Waals surface area contributed by atoms with Crippen LogP contribution in [0.15, 0.2) is 36.5 Å². The smallest absolute Gasteiger partial charge is 0.134 e. The molecule has 1 aromatic heterocycles. The van der Waals surface area contributed by atoms with Crippen molar-refractivity contribution in [2.45, 2.75) is 25.8 Å². The number of rotatable bonds is 4. The lowest BCUT2D eigenvalue weighted by atomic mass is 10.1. The Morgan fingerprint density at radius 2 is 2.18 bits per heavy atom. The molecule has 0 spiro atoms. The van der Waals surface area contributed by atoms with Crippen LogP contribution in [-0.4, -0.2) is 11.0 Å². The van der Waals surface area contributed by atoms with Crippen LogP contribution >= 0.6 is 0 Å². The molecule has 0 radical (unpaired) electrons. The van der Waals surface area contributed by atoms with E-state index >= 15 is 0 Å². The highest BCUT2D eigenvalue weighted by Crippen LogP contribution is 2.21. The standard InChI is InChI=1S/C15H16N2/c1-3-7-13(4-2)17-15-14-9-6-5-8-12(14)10-11-16-15/h1,5-6,8-11,13H,4,7H2,2H3,(H,16,17). The fourth-order valence-corrected chi connectivity index (χ4v) is 1.87. The maximum atomic E-state index is 5.36. The van der Waals surface area contributed by atoms with Crippen molar-refractivity contribution < 1.29 is 0 Å². The molecule has 0 amide bonds. The normalized spacial score (nSPS) is 12.0. The van der Waals surface area contributed by atoms with Gasteiger partial charge in [0.25, 0.3) is 0 Å². The maximum Gasteiger partial charge on any atom is 0.134 e. The first-order valence-electron chi connectivity index (χ1n) is 5.89. The van der Waals surface area contributed by atoms with Crippen LogP contribution in [0.2, 0.25) is 0 Å². The molecule has 2 aromatic rings. The van der Waals surface area contributed by atoms with Gasteiger partial charge < -0.3 is 5.32 Å². The Balaban J connectivity index is 2.32. The third-order valence-corrected chi connectivity index (χ3v) is 2.87. The Morgan fingerprint density at radius 1 is 1.35 bits per heavy atom. The molecular formula is C15H16N2. The fourth-order valence-electron chi connectivity index (χ4n) is 1.87. The van der Waals surface area contributed by atoms with Gasteiger partial charge in [-0.1, -0.05) is 31.2 Å². The number of hydrogen-bond acceptors (Lipinski definition) is 2. The lowest BCUT2D eigenvalue weighted by Gasteiger charge is -2.16. The van der Waals surface area contributed by atoms with Gasteiger partial charge in [-0.25, -0.2) is 4.98 Å². The van der Waals surface area contributed by atoms with Gasteiger partial charge in [0.1, 0.15) is 5.82 Å². The van der Waals surface area contributed by atoms with E-state index < -0.39 is 0 Å². The zero-order valence-electron chi connectivity index (χ0n) is 9.98. The van der Waals surface area contributed by atoms with E-state index in [4.69, 9.17) is 6.42 Å². The van der Waals surface area contributed by atoms with E-state index in [-0.39, 0.29) is 0 Å². The molecule has 0 bridgehead atoms. The minimum atomic E-state index is 0.290. The van der Waals surface area contributed by atoms with Crippen LogP contribution in [0.25, 0.3) is 10.8 Å². The summed E-state index contributed by atoms with van der Waals surface area (Å²) in [6.07, 6.45) is 8.91. The van der Waals surface area contributed by atoms with Crippen LogP contribution in [0.1, 0.15) is 19.8 Å². The summed E-state index contributed by atoms with van der Waals surface area (Å²) in [5.41, 5.74) is 0. The SMILES string of the molecule is C#CCC(CC)Nc1nccc2ccccc12. The van der Waals surface area contributed by atoms with Gasteiger partial charge >= 0.3 is 0 Å². The first-order valence-corrected chi connectivity index (χ1v) is 5.89. The van der Waals surface area contributed by atoms with E-state index in [1.165, 1.54) is 5.39 Å². The van der Waals surface area contributed by atoms with E-state index in [2.05, 4.69) is 35.3 Å². The Labute approximate surface area is 102 Å². The second-order valence-corrected chi connectivity index (χ2v) is 4.04. The maximum absolute atomic E-state index is 5.36. The average Bonchev–Trinajstić information content (AvgIpc) is 2.38. The van der Waals surface area contributed by atoms with Crippen LogP contribution in [0.3, 0.4) is 0 Å². The van der Waals surface area contributed by atoms with Crippen LogP contribution in [0.4, 0.5) is 5.82 Å². The number of benzene rings is 1. The molecule has 0 saturated carbocycles. The number of fused-ring (bicyclic) bond motifs is 1. The molecule has 0 saturated heterocycles. The summed E-state index contributed by atoms with van der Waals surface area (Å²) in [6.45, 7) is 2.13. The van der Waals surface area contributed by atoms with Crippen molar-refractivity contribution in [3.8, 4) is 12.3 Å². The van der Waals surface area contributed by atoms with Gasteiger partial charge in [0, 0.05) is 24.0 Å². The molecule has 2 rings (SSSR count). The third kappa shape index (κ3) is 2.57. The largest absolute Gasteiger partial charge is 0.366 e. The van der Waals surface area contributed by atoms with Crippen molar-refractivity contribution in [1.82, 2.24) is 4.98 Å². The topological polar surface area (TPSA) is 24.9 Å². The summed E-state index contributed by atoms with van der Waals surface area (Å²) < 4.78 is 0. The monoisotopic (exact) mass is 224 g/mol. The quantitative estimate of drug-likeness (QED) is 0.805. The summed E-state index contributed by atoms with van der Waals surface area (Å²) in [7, 11) is 0. The highest BCUT2D eigenvalue weighted by atomic mass is 15.0. The van der Waals surface area contributed by atoms with Crippen molar-refractivity contribution in [2.24, 2.45) is 0 Å². The minimum Gasteiger partial charge on any atom is -0.366 e. The van der Waals surface area contributed by atoms with Gasteiger partial charge in [0.15, 0.2) is 0 Å². The van der Waals surface area contributed by atoms with Gasteiger partial charge in [-0.2, -0.15) is 0 Å². The van der Waals surface area contributed by atoms with Crippen LogP contribution in [0.5, 0.6) is 0 Å². The second kappa shape index (κ2) is 5.36. The van der Waals surface area contributed by atoms with Crippen molar-refractivity contribution in [1.29, 1.82) is 0 Å². The van der Waals surface area contributed by atoms with E-state index in [1.54, 1.807) is 0 Å². The molecule has 1 aromatic carbocycles. The highest BCUT2D eigenvalue weighted by Gasteiger charge is 2.07. The summed E-state index contributed by atoms with van der Waals surface area (Å²) in [4.78, 5) is 4.40. The summed E-state index contributed by atoms with van der Waals surface area (Å²) in [5.74, 6) is 3.62. The number of aromatic nitrogens is 1. The number of hydrogen-bond donors (Lipinski definition) is 1. The van der Waals surface area contributed by atoms with Crippen molar-refractivity contribution >= 4 is 16.6 Å². The first-order chi connectivity index (χ1) is 8.35. The zero-order chi connectivity index (χ0) is 12.1. The zero-order valence-corrected chi connectivity index (χ0v) is 9.98. The molecule has 2 heteroatoms. The molecule has 0 fully saturated rings. The molecule has 0 aliphatic carbocycles.